The third kappa shape index (κ3) is 11.4. The number of hydrogen-bond donors (Lipinski definition) is 1. The summed E-state index contributed by atoms with van der Waals surface area (Å²) >= 11 is 0. The zero-order valence-corrected chi connectivity index (χ0v) is 17.9. The Hall–Kier alpha value is -0.213. The maximum Gasteiger partial charge on any atom is 1.00 e. The topological polar surface area (TPSA) is 92.3 Å². The summed E-state index contributed by atoms with van der Waals surface area (Å²) in [4.78, 5) is 27.2. The normalized spacial score (nSPS) is 11.4. The molecule has 5 nitrogen and oxygen atoms in total. The number of benzene rings is 2. The number of carbonyl (C=O) groups is 1. The molecule has 8 heteroatoms. The minimum Gasteiger partial charge on any atom is -0.672 e. The van der Waals surface area contributed by atoms with Gasteiger partial charge < -0.3 is 19.4 Å². The molecule has 0 atom stereocenters. The molecule has 1 saturated heterocycles. The van der Waals surface area contributed by atoms with Gasteiger partial charge in [-0.25, -0.2) is 0 Å². The molecule has 22 heavy (non-hydrogen) atoms. The van der Waals surface area contributed by atoms with E-state index in [4.69, 9.17) is 14.1 Å². The van der Waals surface area contributed by atoms with Crippen LogP contribution < -0.4 is 74.0 Å². The van der Waals surface area contributed by atoms with Crippen LogP contribution in [-0.4, -0.2) is 21.6 Å². The number of nitrogens with one attached hydrogen (secondary N) is 1. The largest absolute Gasteiger partial charge is 1.00 e. The summed E-state index contributed by atoms with van der Waals surface area (Å²) in [6.07, 6.45) is 1.76. The van der Waals surface area contributed by atoms with Crippen LogP contribution in [0.15, 0.2) is 48.5 Å². The van der Waals surface area contributed by atoms with Crippen LogP contribution in [0.2, 0.25) is 0 Å². The van der Waals surface area contributed by atoms with Crippen molar-refractivity contribution >= 4 is 25.8 Å². The maximum atomic E-state index is 10.1. The SMILES string of the molecule is O=C1CCCN1.O=[Si]([O-])[O-].[Na+].[Na+].c1ccc2ccccc2c1. The van der Waals surface area contributed by atoms with Crippen LogP contribution >= 0.6 is 0 Å². The van der Waals surface area contributed by atoms with E-state index in [1.807, 2.05) is 0 Å². The summed E-state index contributed by atoms with van der Waals surface area (Å²) < 4.78 is 8.52. The Morgan fingerprint density at radius 3 is 1.45 bits per heavy atom. The van der Waals surface area contributed by atoms with Crippen LogP contribution in [0.5, 0.6) is 0 Å². The molecule has 1 aliphatic heterocycles. The summed E-state index contributed by atoms with van der Waals surface area (Å²) in [6.45, 7) is 0.888. The summed E-state index contributed by atoms with van der Waals surface area (Å²) in [7, 11) is -3.63. The van der Waals surface area contributed by atoms with Gasteiger partial charge in [0.2, 0.25) is 5.91 Å². The Kier molecular flexibility index (Phi) is 15.7. The van der Waals surface area contributed by atoms with Gasteiger partial charge in [-0.1, -0.05) is 48.5 Å². The first-order valence-electron chi connectivity index (χ1n) is 6.18. The van der Waals surface area contributed by atoms with E-state index in [-0.39, 0.29) is 65.0 Å². The summed E-state index contributed by atoms with van der Waals surface area (Å²) in [5.41, 5.74) is 0. The fourth-order valence-corrected chi connectivity index (χ4v) is 1.70. The third-order valence-corrected chi connectivity index (χ3v) is 2.56. The maximum absolute atomic E-state index is 10.1. The first kappa shape index (κ1) is 24.0. The molecule has 0 saturated carbocycles. The molecular weight excluding hydrogens is 320 g/mol. The Morgan fingerprint density at radius 2 is 1.27 bits per heavy atom. The molecule has 1 aliphatic rings. The van der Waals surface area contributed by atoms with Gasteiger partial charge in [0.1, 0.15) is 0 Å². The van der Waals surface area contributed by atoms with Crippen molar-refractivity contribution in [2.45, 2.75) is 12.8 Å². The minimum atomic E-state index is -3.63. The predicted octanol–water partition coefficient (Wildman–Crippen LogP) is -6.13. The van der Waals surface area contributed by atoms with E-state index in [1.165, 1.54) is 10.8 Å². The van der Waals surface area contributed by atoms with Crippen LogP contribution in [0.3, 0.4) is 0 Å². The molecule has 106 valence electrons. The summed E-state index contributed by atoms with van der Waals surface area (Å²) in [6, 6.07) is 16.7. The molecule has 3 rings (SSSR count). The van der Waals surface area contributed by atoms with Crippen molar-refractivity contribution in [2.24, 2.45) is 0 Å². The molecule has 1 N–H and O–H groups in total. The molecule has 0 aliphatic carbocycles. The Labute approximate surface area is 175 Å². The van der Waals surface area contributed by atoms with E-state index in [0.29, 0.717) is 0 Å². The molecule has 1 amide bonds. The van der Waals surface area contributed by atoms with E-state index in [1.54, 1.807) is 0 Å². The number of rotatable bonds is 0. The van der Waals surface area contributed by atoms with Gasteiger partial charge in [-0.2, -0.15) is 0 Å². The van der Waals surface area contributed by atoms with E-state index in [0.717, 1.165) is 19.4 Å². The molecule has 0 radical (unpaired) electrons. The van der Waals surface area contributed by atoms with Crippen LogP contribution in [0, 0.1) is 0 Å². The molecule has 0 spiro atoms. The van der Waals surface area contributed by atoms with E-state index in [9.17, 15) is 4.79 Å². The minimum absolute atomic E-state index is 0. The molecule has 0 bridgehead atoms. The van der Waals surface area contributed by atoms with Gasteiger partial charge in [0, 0.05) is 22.1 Å². The molecule has 1 heterocycles. The fourth-order valence-electron chi connectivity index (χ4n) is 1.70. The number of hydrogen-bond acceptors (Lipinski definition) is 4. The average Bonchev–Trinajstić information content (AvgIpc) is 2.90. The molecule has 1 fully saturated rings. The number of amides is 1. The van der Waals surface area contributed by atoms with Crippen molar-refractivity contribution in [1.29, 1.82) is 0 Å². The van der Waals surface area contributed by atoms with Crippen molar-refractivity contribution in [1.82, 2.24) is 5.32 Å². The quantitative estimate of drug-likeness (QED) is 0.485. The second kappa shape index (κ2) is 14.4. The Bertz CT molecular complexity index is 506. The Morgan fingerprint density at radius 1 is 0.909 bits per heavy atom. The summed E-state index contributed by atoms with van der Waals surface area (Å²) in [5.74, 6) is 0.204. The van der Waals surface area contributed by atoms with Gasteiger partial charge in [-0.05, 0) is 17.2 Å². The van der Waals surface area contributed by atoms with Crippen LogP contribution in [-0.2, 0) is 9.26 Å². The predicted molar refractivity (Wildman–Crippen MR) is 72.6 cm³/mol. The van der Waals surface area contributed by atoms with E-state index >= 15 is 0 Å². The molecule has 2 aromatic rings. The van der Waals surface area contributed by atoms with Crippen molar-refractivity contribution in [3.05, 3.63) is 48.5 Å². The van der Waals surface area contributed by atoms with Crippen LogP contribution in [0.4, 0.5) is 0 Å². The smallest absolute Gasteiger partial charge is 0.672 e. The van der Waals surface area contributed by atoms with Gasteiger partial charge in [0.15, 0.2) is 0 Å². The van der Waals surface area contributed by atoms with Crippen LogP contribution in [0.1, 0.15) is 12.8 Å². The standard InChI is InChI=1S/C10H8.C4H7NO.2Na.O3Si/c1-2-6-10-8-4-3-7-9(10)5-1;6-4-2-1-3-5-4;;;1-4(2)3/h1-8H;1-3H2,(H,5,6);;;/q;;2*+1;-2. The monoisotopic (exact) mass is 335 g/mol. The van der Waals surface area contributed by atoms with E-state index < -0.39 is 9.17 Å². The average molecular weight is 335 g/mol. The Balaban J connectivity index is 0. The van der Waals surface area contributed by atoms with Gasteiger partial charge in [0.05, 0.1) is 0 Å². The first-order chi connectivity index (χ1) is 9.59. The second-order valence-electron chi connectivity index (χ2n) is 4.05. The zero-order chi connectivity index (χ0) is 14.8. The van der Waals surface area contributed by atoms with Gasteiger partial charge in [0.25, 0.3) is 0 Å². The zero-order valence-electron chi connectivity index (χ0n) is 12.9. The van der Waals surface area contributed by atoms with Gasteiger partial charge >= 0.3 is 59.1 Å². The van der Waals surface area contributed by atoms with Crippen molar-refractivity contribution < 1.29 is 78.0 Å². The molecule has 0 unspecified atom stereocenters. The van der Waals surface area contributed by atoms with Crippen molar-refractivity contribution in [3.63, 3.8) is 0 Å². The fraction of sp³-hybridized carbons (Fsp3) is 0.214. The summed E-state index contributed by atoms with van der Waals surface area (Å²) in [5, 5.41) is 5.30. The first-order valence-corrected chi connectivity index (χ1v) is 7.40. The van der Waals surface area contributed by atoms with Crippen LogP contribution in [0.25, 0.3) is 10.8 Å². The second-order valence-corrected chi connectivity index (χ2v) is 4.55. The third-order valence-electron chi connectivity index (χ3n) is 2.56. The molecular formula is C14H15NNa2O4Si. The van der Waals surface area contributed by atoms with E-state index in [2.05, 4.69) is 53.8 Å². The number of carbonyl (C=O) groups excluding carboxylic acids is 1. The van der Waals surface area contributed by atoms with Gasteiger partial charge in [-0.3, -0.25) is 4.79 Å². The van der Waals surface area contributed by atoms with Gasteiger partial charge in [-0.15, -0.1) is 0 Å². The molecule has 2 aromatic carbocycles. The molecule has 0 aromatic heterocycles. The number of fused-ring (bicyclic) bond motifs is 1. The van der Waals surface area contributed by atoms with Crippen molar-refractivity contribution in [2.75, 3.05) is 6.54 Å². The van der Waals surface area contributed by atoms with Crippen molar-refractivity contribution in [3.8, 4) is 0 Å².